The molecule has 2 heteroatoms. The molecule has 1 fully saturated rings. The lowest BCUT2D eigenvalue weighted by Gasteiger charge is -2.39. The molecule has 1 saturated heterocycles. The SMILES string of the molecule is CCC1(C)CCN(Cc2ccc3c(c2)CNC3)CC1. The van der Waals surface area contributed by atoms with Gasteiger partial charge in [-0.2, -0.15) is 0 Å². The van der Waals surface area contributed by atoms with Gasteiger partial charge in [0.2, 0.25) is 0 Å². The predicted molar refractivity (Wildman–Crippen MR) is 79.9 cm³/mol. The van der Waals surface area contributed by atoms with Crippen LogP contribution < -0.4 is 5.32 Å². The summed E-state index contributed by atoms with van der Waals surface area (Å²) in [5.74, 6) is 0. The summed E-state index contributed by atoms with van der Waals surface area (Å²) in [7, 11) is 0. The van der Waals surface area contributed by atoms with Crippen molar-refractivity contribution in [1.82, 2.24) is 10.2 Å². The van der Waals surface area contributed by atoms with E-state index in [1.54, 1.807) is 0 Å². The van der Waals surface area contributed by atoms with Crippen LogP contribution in [0, 0.1) is 5.41 Å². The molecule has 0 aliphatic carbocycles. The molecule has 104 valence electrons. The van der Waals surface area contributed by atoms with E-state index in [4.69, 9.17) is 0 Å². The third-order valence-corrected chi connectivity index (χ3v) is 5.22. The maximum absolute atomic E-state index is 3.42. The molecule has 1 aromatic carbocycles. The quantitative estimate of drug-likeness (QED) is 0.895. The Balaban J connectivity index is 1.61. The van der Waals surface area contributed by atoms with Crippen LogP contribution in [0.3, 0.4) is 0 Å². The largest absolute Gasteiger partial charge is 0.309 e. The van der Waals surface area contributed by atoms with Crippen molar-refractivity contribution in [2.24, 2.45) is 5.41 Å². The zero-order valence-corrected chi connectivity index (χ0v) is 12.3. The molecule has 1 N–H and O–H groups in total. The highest BCUT2D eigenvalue weighted by molar-refractivity contribution is 5.34. The molecule has 3 rings (SSSR count). The Morgan fingerprint density at radius 2 is 1.89 bits per heavy atom. The lowest BCUT2D eigenvalue weighted by molar-refractivity contribution is 0.109. The molecule has 2 aliphatic heterocycles. The van der Waals surface area contributed by atoms with Crippen molar-refractivity contribution in [1.29, 1.82) is 0 Å². The summed E-state index contributed by atoms with van der Waals surface area (Å²) in [6.07, 6.45) is 4.04. The zero-order chi connectivity index (χ0) is 13.3. The van der Waals surface area contributed by atoms with E-state index >= 15 is 0 Å². The van der Waals surface area contributed by atoms with Crippen LogP contribution in [-0.4, -0.2) is 18.0 Å². The number of piperidine rings is 1. The minimum absolute atomic E-state index is 0.596. The molecule has 2 heterocycles. The lowest BCUT2D eigenvalue weighted by atomic mass is 9.78. The number of hydrogen-bond acceptors (Lipinski definition) is 2. The summed E-state index contributed by atoms with van der Waals surface area (Å²) in [4.78, 5) is 2.63. The number of hydrogen-bond donors (Lipinski definition) is 1. The van der Waals surface area contributed by atoms with Gasteiger partial charge in [-0.25, -0.2) is 0 Å². The van der Waals surface area contributed by atoms with Crippen LogP contribution in [0.2, 0.25) is 0 Å². The van der Waals surface area contributed by atoms with Crippen molar-refractivity contribution < 1.29 is 0 Å². The second kappa shape index (κ2) is 5.26. The highest BCUT2D eigenvalue weighted by Crippen LogP contribution is 2.34. The Kier molecular flexibility index (Phi) is 3.64. The summed E-state index contributed by atoms with van der Waals surface area (Å²) in [5, 5.41) is 3.42. The van der Waals surface area contributed by atoms with Crippen molar-refractivity contribution in [3.63, 3.8) is 0 Å². The Labute approximate surface area is 117 Å². The fourth-order valence-electron chi connectivity index (χ4n) is 3.31. The lowest BCUT2D eigenvalue weighted by Crippen LogP contribution is -2.37. The van der Waals surface area contributed by atoms with E-state index in [0.29, 0.717) is 5.41 Å². The Morgan fingerprint density at radius 1 is 1.16 bits per heavy atom. The summed E-state index contributed by atoms with van der Waals surface area (Å²) in [6, 6.07) is 7.03. The van der Waals surface area contributed by atoms with Crippen molar-refractivity contribution >= 4 is 0 Å². The summed E-state index contributed by atoms with van der Waals surface area (Å²) < 4.78 is 0. The monoisotopic (exact) mass is 258 g/mol. The number of benzene rings is 1. The van der Waals surface area contributed by atoms with Crippen LogP contribution in [0.5, 0.6) is 0 Å². The van der Waals surface area contributed by atoms with Crippen LogP contribution >= 0.6 is 0 Å². The number of nitrogens with zero attached hydrogens (tertiary/aromatic N) is 1. The molecular weight excluding hydrogens is 232 g/mol. The summed E-state index contributed by atoms with van der Waals surface area (Å²) in [6.45, 7) is 10.5. The topological polar surface area (TPSA) is 15.3 Å². The second-order valence-corrected chi connectivity index (χ2v) is 6.65. The van der Waals surface area contributed by atoms with E-state index in [1.165, 1.54) is 49.0 Å². The fraction of sp³-hybridized carbons (Fsp3) is 0.647. The van der Waals surface area contributed by atoms with Gasteiger partial charge in [-0.3, -0.25) is 4.90 Å². The standard InChI is InChI=1S/C17H26N2/c1-3-17(2)6-8-19(9-7-17)13-14-4-5-15-11-18-12-16(15)10-14/h4-5,10,18H,3,6-9,11-13H2,1-2H3. The zero-order valence-electron chi connectivity index (χ0n) is 12.3. The van der Waals surface area contributed by atoms with Crippen LogP contribution in [0.4, 0.5) is 0 Å². The third-order valence-electron chi connectivity index (χ3n) is 5.22. The predicted octanol–water partition coefficient (Wildman–Crippen LogP) is 3.30. The highest BCUT2D eigenvalue weighted by atomic mass is 15.1. The molecule has 0 bridgehead atoms. The smallest absolute Gasteiger partial charge is 0.0233 e. The molecule has 0 spiro atoms. The van der Waals surface area contributed by atoms with Gasteiger partial charge in [-0.1, -0.05) is 38.5 Å². The van der Waals surface area contributed by atoms with Crippen LogP contribution in [0.25, 0.3) is 0 Å². The van der Waals surface area contributed by atoms with Gasteiger partial charge in [0.05, 0.1) is 0 Å². The molecule has 1 aromatic rings. The van der Waals surface area contributed by atoms with Crippen LogP contribution in [0.15, 0.2) is 18.2 Å². The van der Waals surface area contributed by atoms with E-state index in [-0.39, 0.29) is 0 Å². The molecule has 0 amide bonds. The Bertz CT molecular complexity index is 445. The molecule has 0 saturated carbocycles. The molecule has 0 radical (unpaired) electrons. The van der Waals surface area contributed by atoms with E-state index in [1.807, 2.05) is 0 Å². The maximum atomic E-state index is 3.42. The maximum Gasteiger partial charge on any atom is 0.0233 e. The van der Waals surface area contributed by atoms with Crippen LogP contribution in [-0.2, 0) is 19.6 Å². The van der Waals surface area contributed by atoms with Gasteiger partial charge in [0.25, 0.3) is 0 Å². The Morgan fingerprint density at radius 3 is 2.63 bits per heavy atom. The molecule has 2 aliphatic rings. The number of nitrogens with one attached hydrogen (secondary N) is 1. The van der Waals surface area contributed by atoms with Crippen molar-refractivity contribution in [3.8, 4) is 0 Å². The van der Waals surface area contributed by atoms with E-state index < -0.39 is 0 Å². The van der Waals surface area contributed by atoms with Gasteiger partial charge in [0.15, 0.2) is 0 Å². The Hall–Kier alpha value is -0.860. The number of likely N-dealkylation sites (tertiary alicyclic amines) is 1. The first-order chi connectivity index (χ1) is 9.18. The van der Waals surface area contributed by atoms with Gasteiger partial charge < -0.3 is 5.32 Å². The van der Waals surface area contributed by atoms with Crippen molar-refractivity contribution in [2.75, 3.05) is 13.1 Å². The summed E-state index contributed by atoms with van der Waals surface area (Å²) >= 11 is 0. The third kappa shape index (κ3) is 2.85. The number of rotatable bonds is 3. The molecule has 0 unspecified atom stereocenters. The van der Waals surface area contributed by atoms with Gasteiger partial charge in [0, 0.05) is 19.6 Å². The average Bonchev–Trinajstić information content (AvgIpc) is 2.89. The molecule has 19 heavy (non-hydrogen) atoms. The number of fused-ring (bicyclic) bond motifs is 1. The van der Waals surface area contributed by atoms with Gasteiger partial charge in [-0.15, -0.1) is 0 Å². The van der Waals surface area contributed by atoms with Crippen molar-refractivity contribution in [2.45, 2.75) is 52.7 Å². The first-order valence-electron chi connectivity index (χ1n) is 7.72. The van der Waals surface area contributed by atoms with E-state index in [9.17, 15) is 0 Å². The first kappa shape index (κ1) is 13.1. The van der Waals surface area contributed by atoms with Crippen LogP contribution in [0.1, 0.15) is 49.8 Å². The normalized spacial score (nSPS) is 22.4. The van der Waals surface area contributed by atoms with Gasteiger partial charge >= 0.3 is 0 Å². The molecular formula is C17H26N2. The fourth-order valence-corrected chi connectivity index (χ4v) is 3.31. The van der Waals surface area contributed by atoms with E-state index in [0.717, 1.165) is 19.6 Å². The van der Waals surface area contributed by atoms with E-state index in [2.05, 4.69) is 42.3 Å². The highest BCUT2D eigenvalue weighted by Gasteiger charge is 2.28. The molecule has 0 atom stereocenters. The minimum Gasteiger partial charge on any atom is -0.309 e. The second-order valence-electron chi connectivity index (χ2n) is 6.65. The van der Waals surface area contributed by atoms with Gasteiger partial charge in [0.1, 0.15) is 0 Å². The summed E-state index contributed by atoms with van der Waals surface area (Å²) in [5.41, 5.74) is 5.08. The van der Waals surface area contributed by atoms with Crippen molar-refractivity contribution in [3.05, 3.63) is 34.9 Å². The van der Waals surface area contributed by atoms with Gasteiger partial charge in [-0.05, 0) is 48.0 Å². The molecule has 2 nitrogen and oxygen atoms in total. The average molecular weight is 258 g/mol. The first-order valence-corrected chi connectivity index (χ1v) is 7.72. The molecule has 0 aromatic heterocycles. The minimum atomic E-state index is 0.596.